The number of ether oxygens (including phenoxy) is 2. The highest BCUT2D eigenvalue weighted by Crippen LogP contribution is 2.38. The van der Waals surface area contributed by atoms with E-state index < -0.39 is 17.2 Å². The SMILES string of the molecule is COC[C@@H]1CC[C@H](c2nc(-c3ccc(C(=O)Cc4cc(C(F)(F)F)ccn4)cc3)c3c(N)nccn23)CN1C(=O)C1(C)COC1. The molecule has 2 fully saturated rings. The molecule has 2 N–H and O–H groups in total. The Morgan fingerprint density at radius 2 is 1.87 bits per heavy atom. The van der Waals surface area contributed by atoms with Crippen LogP contribution in [0.3, 0.4) is 0 Å². The molecular formula is C32H33F3N6O4. The summed E-state index contributed by atoms with van der Waals surface area (Å²) in [7, 11) is 1.63. The second kappa shape index (κ2) is 11.9. The molecule has 0 aliphatic carbocycles. The number of pyridine rings is 1. The molecule has 3 aromatic heterocycles. The van der Waals surface area contributed by atoms with E-state index in [-0.39, 0.29) is 41.6 Å². The number of amides is 1. The topological polar surface area (TPSA) is 125 Å². The normalized spacial score (nSPS) is 19.8. The van der Waals surface area contributed by atoms with E-state index in [2.05, 4.69) is 9.97 Å². The number of nitrogen functional groups attached to an aromatic ring is 1. The molecule has 2 saturated heterocycles. The second-order valence-electron chi connectivity index (χ2n) is 12.0. The highest BCUT2D eigenvalue weighted by atomic mass is 19.4. The van der Waals surface area contributed by atoms with Gasteiger partial charge in [0.25, 0.3) is 0 Å². The number of benzene rings is 1. The Bertz CT molecular complexity index is 1740. The molecule has 45 heavy (non-hydrogen) atoms. The first-order valence-electron chi connectivity index (χ1n) is 14.6. The van der Waals surface area contributed by atoms with E-state index in [1.54, 1.807) is 43.8 Å². The average molecular weight is 623 g/mol. The second-order valence-corrected chi connectivity index (χ2v) is 12.0. The van der Waals surface area contributed by atoms with Crippen LogP contribution in [0.15, 0.2) is 55.0 Å². The molecule has 236 valence electrons. The third-order valence-electron chi connectivity index (χ3n) is 8.63. The summed E-state index contributed by atoms with van der Waals surface area (Å²) in [4.78, 5) is 41.7. The predicted octanol–water partition coefficient (Wildman–Crippen LogP) is 4.58. The van der Waals surface area contributed by atoms with Gasteiger partial charge in [-0.3, -0.25) is 19.0 Å². The minimum Gasteiger partial charge on any atom is -0.383 e. The largest absolute Gasteiger partial charge is 0.416 e. The Labute approximate surface area is 257 Å². The van der Waals surface area contributed by atoms with Crippen LogP contribution in [0, 0.1) is 5.41 Å². The lowest BCUT2D eigenvalue weighted by Crippen LogP contribution is -2.58. The Morgan fingerprint density at radius 1 is 1.11 bits per heavy atom. The van der Waals surface area contributed by atoms with Crippen molar-refractivity contribution in [3.8, 4) is 11.3 Å². The van der Waals surface area contributed by atoms with Crippen LogP contribution in [0.25, 0.3) is 16.8 Å². The van der Waals surface area contributed by atoms with Gasteiger partial charge in [-0.25, -0.2) is 9.97 Å². The van der Waals surface area contributed by atoms with Gasteiger partial charge in [0, 0.05) is 55.0 Å². The molecule has 1 amide bonds. The predicted molar refractivity (Wildman–Crippen MR) is 158 cm³/mol. The van der Waals surface area contributed by atoms with Gasteiger partial charge in [0.05, 0.1) is 43.3 Å². The van der Waals surface area contributed by atoms with Gasteiger partial charge in [0.2, 0.25) is 5.91 Å². The molecule has 0 saturated carbocycles. The van der Waals surface area contributed by atoms with Crippen LogP contribution in [0.4, 0.5) is 19.0 Å². The van der Waals surface area contributed by atoms with Crippen molar-refractivity contribution in [2.24, 2.45) is 5.41 Å². The zero-order chi connectivity index (χ0) is 31.9. The first-order valence-corrected chi connectivity index (χ1v) is 14.6. The summed E-state index contributed by atoms with van der Waals surface area (Å²) in [5, 5.41) is 0. The number of hydrogen-bond acceptors (Lipinski definition) is 8. The molecule has 0 radical (unpaired) electrons. The van der Waals surface area contributed by atoms with Crippen molar-refractivity contribution in [1.82, 2.24) is 24.3 Å². The number of carbonyl (C=O) groups is 2. The third-order valence-corrected chi connectivity index (χ3v) is 8.63. The van der Waals surface area contributed by atoms with Gasteiger partial charge in [-0.15, -0.1) is 0 Å². The fraction of sp³-hybridized carbons (Fsp3) is 0.406. The molecule has 13 heteroatoms. The van der Waals surface area contributed by atoms with Crippen molar-refractivity contribution in [3.05, 3.63) is 77.6 Å². The summed E-state index contributed by atoms with van der Waals surface area (Å²) in [5.41, 5.74) is 7.18. The number of ketones is 1. The minimum absolute atomic E-state index is 0.0362. The van der Waals surface area contributed by atoms with Crippen LogP contribution >= 0.6 is 0 Å². The molecule has 0 bridgehead atoms. The summed E-state index contributed by atoms with van der Waals surface area (Å²) in [6, 6.07) is 8.39. The number of aromatic nitrogens is 4. The number of imidazole rings is 1. The van der Waals surface area contributed by atoms with Gasteiger partial charge in [0.15, 0.2) is 5.78 Å². The molecule has 4 aromatic rings. The maximum absolute atomic E-state index is 13.6. The number of carbonyl (C=O) groups excluding carboxylic acids is 2. The standard InChI is InChI=1S/C32H33F3N6O4/c1-31(17-45-18-31)30(43)41-15-21(7-8-24(41)16-44-2)29-39-26(27-28(36)38-11-12-40(27)29)20-5-3-19(4-6-20)25(42)14-23-13-22(9-10-37-23)32(33,34)35/h3-6,9-13,21,24H,7-8,14-18H2,1-2H3,(H2,36,38)/t21-,24-/m0/s1. The molecule has 1 aromatic carbocycles. The van der Waals surface area contributed by atoms with Gasteiger partial charge in [-0.1, -0.05) is 24.3 Å². The van der Waals surface area contributed by atoms with Crippen LogP contribution in [0.5, 0.6) is 0 Å². The quantitative estimate of drug-likeness (QED) is 0.284. The highest BCUT2D eigenvalue weighted by molar-refractivity contribution is 5.98. The lowest BCUT2D eigenvalue weighted by molar-refractivity contribution is -0.174. The number of rotatable bonds is 8. The van der Waals surface area contributed by atoms with Crippen molar-refractivity contribution in [1.29, 1.82) is 0 Å². The molecule has 6 rings (SSSR count). The van der Waals surface area contributed by atoms with Crippen LogP contribution in [0.2, 0.25) is 0 Å². The first kappa shape index (κ1) is 30.7. The number of methoxy groups -OCH3 is 1. The first-order chi connectivity index (χ1) is 21.5. The number of anilines is 1. The smallest absolute Gasteiger partial charge is 0.383 e. The molecule has 5 heterocycles. The van der Waals surface area contributed by atoms with E-state index in [0.29, 0.717) is 48.7 Å². The number of nitrogens with zero attached hydrogens (tertiary/aromatic N) is 5. The van der Waals surface area contributed by atoms with Crippen molar-refractivity contribution in [2.75, 3.05) is 39.2 Å². The summed E-state index contributed by atoms with van der Waals surface area (Å²) >= 11 is 0. The maximum Gasteiger partial charge on any atom is 0.416 e. The van der Waals surface area contributed by atoms with E-state index in [1.807, 2.05) is 16.2 Å². The monoisotopic (exact) mass is 622 g/mol. The zero-order valence-corrected chi connectivity index (χ0v) is 24.9. The van der Waals surface area contributed by atoms with E-state index >= 15 is 0 Å². The number of Topliss-reactive ketones (excluding diaryl/α,β-unsaturated/α-hetero) is 1. The van der Waals surface area contributed by atoms with Crippen molar-refractivity contribution < 1.29 is 32.2 Å². The summed E-state index contributed by atoms with van der Waals surface area (Å²) in [5.74, 6) is 0.614. The third kappa shape index (κ3) is 5.89. The fourth-order valence-electron chi connectivity index (χ4n) is 6.14. The molecule has 0 unspecified atom stereocenters. The number of likely N-dealkylation sites (tertiary alicyclic amines) is 1. The Balaban J connectivity index is 1.28. The summed E-state index contributed by atoms with van der Waals surface area (Å²) in [6.07, 6.45) is 1.18. The number of halogens is 3. The van der Waals surface area contributed by atoms with E-state index in [4.69, 9.17) is 20.2 Å². The number of nitrogens with two attached hydrogens (primary N) is 1. The molecule has 10 nitrogen and oxygen atoms in total. The van der Waals surface area contributed by atoms with Crippen LogP contribution in [0.1, 0.15) is 53.1 Å². The fourth-order valence-corrected chi connectivity index (χ4v) is 6.14. The maximum atomic E-state index is 13.6. The zero-order valence-electron chi connectivity index (χ0n) is 24.9. The number of alkyl halides is 3. The number of fused-ring (bicyclic) bond motifs is 1. The van der Waals surface area contributed by atoms with E-state index in [9.17, 15) is 22.8 Å². The average Bonchev–Trinajstić information content (AvgIpc) is 3.41. The molecule has 2 aliphatic rings. The molecule has 0 spiro atoms. The summed E-state index contributed by atoms with van der Waals surface area (Å²) < 4.78 is 52.0. The van der Waals surface area contributed by atoms with E-state index in [0.717, 1.165) is 37.0 Å². The lowest BCUT2D eigenvalue weighted by Gasteiger charge is -2.46. The Morgan fingerprint density at radius 3 is 2.53 bits per heavy atom. The van der Waals surface area contributed by atoms with Crippen molar-refractivity contribution >= 4 is 23.0 Å². The van der Waals surface area contributed by atoms with Crippen molar-refractivity contribution in [3.63, 3.8) is 0 Å². The van der Waals surface area contributed by atoms with Crippen LogP contribution < -0.4 is 5.73 Å². The molecular weight excluding hydrogens is 589 g/mol. The highest BCUT2D eigenvalue weighted by Gasteiger charge is 2.47. The Kier molecular flexibility index (Phi) is 8.08. The molecule has 2 atom stereocenters. The van der Waals surface area contributed by atoms with Gasteiger partial charge >= 0.3 is 6.18 Å². The lowest BCUT2D eigenvalue weighted by atomic mass is 9.83. The van der Waals surface area contributed by atoms with Gasteiger partial charge < -0.3 is 20.1 Å². The van der Waals surface area contributed by atoms with Crippen LogP contribution in [-0.4, -0.2) is 75.5 Å². The molecule has 2 aliphatic heterocycles. The van der Waals surface area contributed by atoms with E-state index in [1.165, 1.54) is 0 Å². The minimum atomic E-state index is -4.52. The van der Waals surface area contributed by atoms with Gasteiger partial charge in [-0.05, 0) is 31.9 Å². The Hall–Kier alpha value is -4.36. The summed E-state index contributed by atoms with van der Waals surface area (Å²) in [6.45, 7) is 3.60. The number of hydrogen-bond donors (Lipinski definition) is 1. The van der Waals surface area contributed by atoms with Gasteiger partial charge in [-0.2, -0.15) is 13.2 Å². The van der Waals surface area contributed by atoms with Crippen LogP contribution in [-0.2, 0) is 26.9 Å². The van der Waals surface area contributed by atoms with Gasteiger partial charge in [0.1, 0.15) is 22.9 Å². The number of piperidine rings is 1. The van der Waals surface area contributed by atoms with Crippen molar-refractivity contribution in [2.45, 2.75) is 44.3 Å².